The summed E-state index contributed by atoms with van der Waals surface area (Å²) in [6.45, 7) is 1.40. The Balaban J connectivity index is 2.04. The molecule has 1 N–H and O–H groups in total. The minimum absolute atomic E-state index is 0.0968. The van der Waals surface area contributed by atoms with Gasteiger partial charge in [-0.15, -0.1) is 0 Å². The lowest BCUT2D eigenvalue weighted by molar-refractivity contribution is -0.137. The zero-order chi connectivity index (χ0) is 17.9. The number of halogens is 3. The van der Waals surface area contributed by atoms with Gasteiger partial charge >= 0.3 is 6.18 Å². The minimum atomic E-state index is -4.44. The number of amides is 1. The Bertz CT molecular complexity index is 785. The molecule has 128 valence electrons. The van der Waals surface area contributed by atoms with E-state index in [4.69, 9.17) is 4.74 Å². The third-order valence-corrected chi connectivity index (χ3v) is 3.12. The van der Waals surface area contributed by atoms with Crippen LogP contribution in [-0.2, 0) is 18.0 Å². The van der Waals surface area contributed by atoms with Crippen LogP contribution in [0.4, 0.5) is 19.0 Å². The summed E-state index contributed by atoms with van der Waals surface area (Å²) in [5.74, 6) is -0.710. The highest BCUT2D eigenvalue weighted by Gasteiger charge is 2.30. The molecule has 0 aliphatic rings. The predicted octanol–water partition coefficient (Wildman–Crippen LogP) is 2.21. The lowest BCUT2D eigenvalue weighted by Gasteiger charge is -2.15. The third kappa shape index (κ3) is 4.12. The predicted molar refractivity (Wildman–Crippen MR) is 79.6 cm³/mol. The Morgan fingerprint density at radius 2 is 1.92 bits per heavy atom. The first-order valence-corrected chi connectivity index (χ1v) is 6.85. The molecule has 0 spiro atoms. The first-order valence-electron chi connectivity index (χ1n) is 6.85. The monoisotopic (exact) mass is 341 g/mol. The number of carbonyl (C=O) groups is 1. The van der Waals surface area contributed by atoms with Crippen molar-refractivity contribution in [3.05, 3.63) is 52.6 Å². The Hall–Kier alpha value is -2.84. The molecule has 0 radical (unpaired) electrons. The summed E-state index contributed by atoms with van der Waals surface area (Å²) in [6, 6.07) is 3.95. The van der Waals surface area contributed by atoms with Gasteiger partial charge < -0.3 is 14.6 Å². The second-order valence-electron chi connectivity index (χ2n) is 4.96. The van der Waals surface area contributed by atoms with Crippen LogP contribution in [0.25, 0.3) is 0 Å². The van der Waals surface area contributed by atoms with E-state index >= 15 is 0 Å². The average molecular weight is 341 g/mol. The summed E-state index contributed by atoms with van der Waals surface area (Å²) >= 11 is 0. The van der Waals surface area contributed by atoms with Gasteiger partial charge in [0.05, 0.1) is 5.56 Å². The molecule has 1 heterocycles. The van der Waals surface area contributed by atoms with Gasteiger partial charge in [0.2, 0.25) is 0 Å². The molecule has 0 aliphatic carbocycles. The highest BCUT2D eigenvalue weighted by molar-refractivity contribution is 5.93. The maximum atomic E-state index is 12.5. The number of nitrogens with zero attached hydrogens (tertiary/aromatic N) is 2. The van der Waals surface area contributed by atoms with E-state index in [0.29, 0.717) is 0 Å². The van der Waals surface area contributed by atoms with Gasteiger partial charge in [-0.05, 0) is 31.2 Å². The van der Waals surface area contributed by atoms with Gasteiger partial charge in [0, 0.05) is 19.4 Å². The molecular weight excluding hydrogens is 327 g/mol. The van der Waals surface area contributed by atoms with Crippen LogP contribution in [0, 0.1) is 0 Å². The lowest BCUT2D eigenvalue weighted by atomic mass is 10.2. The molecule has 1 amide bonds. The third-order valence-electron chi connectivity index (χ3n) is 3.12. The fraction of sp³-hybridized carbons (Fsp3) is 0.267. The summed E-state index contributed by atoms with van der Waals surface area (Å²) in [5, 5.41) is 2.32. The fourth-order valence-electron chi connectivity index (χ4n) is 1.78. The van der Waals surface area contributed by atoms with Crippen LogP contribution in [-0.4, -0.2) is 21.6 Å². The van der Waals surface area contributed by atoms with Crippen molar-refractivity contribution in [2.45, 2.75) is 19.2 Å². The average Bonchev–Trinajstić information content (AvgIpc) is 2.51. The fourth-order valence-corrected chi connectivity index (χ4v) is 1.78. The Labute approximate surface area is 134 Å². The standard InChI is InChI=1S/C15H14F3N3O3/c1-9(13(22)20-12-14(23)21(2)8-7-19-12)24-11-5-3-10(4-6-11)15(16,17)18/h3-9H,1-2H3,(H,19,20,22)/t9-/m0/s1. The Kier molecular flexibility index (Phi) is 4.91. The van der Waals surface area contributed by atoms with Gasteiger partial charge in [-0.1, -0.05) is 0 Å². The number of nitrogens with one attached hydrogen (secondary N) is 1. The van der Waals surface area contributed by atoms with Crippen molar-refractivity contribution in [3.63, 3.8) is 0 Å². The summed E-state index contributed by atoms with van der Waals surface area (Å²) < 4.78 is 43.9. The van der Waals surface area contributed by atoms with Gasteiger partial charge in [-0.2, -0.15) is 13.2 Å². The van der Waals surface area contributed by atoms with Crippen molar-refractivity contribution in [3.8, 4) is 5.75 Å². The maximum Gasteiger partial charge on any atom is 0.416 e. The molecule has 1 atom stereocenters. The molecule has 1 aromatic heterocycles. The van der Waals surface area contributed by atoms with Crippen LogP contribution in [0.1, 0.15) is 12.5 Å². The minimum Gasteiger partial charge on any atom is -0.481 e. The van der Waals surface area contributed by atoms with Crippen LogP contribution in [0.15, 0.2) is 41.5 Å². The van der Waals surface area contributed by atoms with Crippen molar-refractivity contribution in [2.24, 2.45) is 7.05 Å². The van der Waals surface area contributed by atoms with Crippen molar-refractivity contribution < 1.29 is 22.7 Å². The van der Waals surface area contributed by atoms with Gasteiger partial charge in [0.15, 0.2) is 11.9 Å². The van der Waals surface area contributed by atoms with E-state index in [1.807, 2.05) is 0 Å². The number of hydrogen-bond donors (Lipinski definition) is 1. The smallest absolute Gasteiger partial charge is 0.416 e. The van der Waals surface area contributed by atoms with E-state index in [1.165, 1.54) is 30.9 Å². The first-order chi connectivity index (χ1) is 11.2. The highest BCUT2D eigenvalue weighted by Crippen LogP contribution is 2.30. The number of carbonyl (C=O) groups excluding carboxylic acids is 1. The molecule has 2 rings (SSSR count). The largest absolute Gasteiger partial charge is 0.481 e. The van der Waals surface area contributed by atoms with Crippen molar-refractivity contribution in [2.75, 3.05) is 5.32 Å². The van der Waals surface area contributed by atoms with E-state index in [1.54, 1.807) is 0 Å². The van der Waals surface area contributed by atoms with E-state index in [-0.39, 0.29) is 11.6 Å². The number of benzene rings is 1. The molecule has 0 bridgehead atoms. The normalized spacial score (nSPS) is 12.5. The number of hydrogen-bond acceptors (Lipinski definition) is 4. The topological polar surface area (TPSA) is 73.2 Å². The Morgan fingerprint density at radius 3 is 2.50 bits per heavy atom. The molecular formula is C15H14F3N3O3. The SMILES string of the molecule is C[C@H](Oc1ccc(C(F)(F)F)cc1)C(=O)Nc1nccn(C)c1=O. The summed E-state index contributed by atoms with van der Waals surface area (Å²) in [5.41, 5.74) is -1.31. The highest BCUT2D eigenvalue weighted by atomic mass is 19.4. The van der Waals surface area contributed by atoms with Crippen LogP contribution in [0.5, 0.6) is 5.75 Å². The number of aryl methyl sites for hydroxylation is 1. The number of ether oxygens (including phenoxy) is 1. The lowest BCUT2D eigenvalue weighted by Crippen LogP contribution is -2.33. The van der Waals surface area contributed by atoms with E-state index in [2.05, 4.69) is 10.3 Å². The zero-order valence-electron chi connectivity index (χ0n) is 12.8. The van der Waals surface area contributed by atoms with Crippen molar-refractivity contribution in [1.29, 1.82) is 0 Å². The summed E-state index contributed by atoms with van der Waals surface area (Å²) in [7, 11) is 1.50. The van der Waals surface area contributed by atoms with Gasteiger partial charge in [0.1, 0.15) is 5.75 Å². The van der Waals surface area contributed by atoms with Gasteiger partial charge in [-0.3, -0.25) is 9.59 Å². The number of rotatable bonds is 4. The number of alkyl halides is 3. The van der Waals surface area contributed by atoms with Crippen LogP contribution < -0.4 is 15.6 Å². The number of anilines is 1. The van der Waals surface area contributed by atoms with E-state index in [9.17, 15) is 22.8 Å². The van der Waals surface area contributed by atoms with Crippen LogP contribution >= 0.6 is 0 Å². The molecule has 0 fully saturated rings. The molecule has 6 nitrogen and oxygen atoms in total. The first kappa shape index (κ1) is 17.5. The summed E-state index contributed by atoms with van der Waals surface area (Å²) in [6.07, 6.45) is -2.70. The quantitative estimate of drug-likeness (QED) is 0.925. The van der Waals surface area contributed by atoms with Gasteiger partial charge in [0.25, 0.3) is 11.5 Å². The van der Waals surface area contributed by atoms with Crippen molar-refractivity contribution in [1.82, 2.24) is 9.55 Å². The molecule has 9 heteroatoms. The maximum absolute atomic E-state index is 12.5. The molecule has 0 unspecified atom stereocenters. The number of aromatic nitrogens is 2. The second-order valence-corrected chi connectivity index (χ2v) is 4.96. The van der Waals surface area contributed by atoms with Crippen LogP contribution in [0.3, 0.4) is 0 Å². The van der Waals surface area contributed by atoms with Crippen molar-refractivity contribution >= 4 is 11.7 Å². The van der Waals surface area contributed by atoms with E-state index < -0.39 is 29.3 Å². The molecule has 0 saturated carbocycles. The summed E-state index contributed by atoms with van der Waals surface area (Å²) in [4.78, 5) is 27.5. The Morgan fingerprint density at radius 1 is 1.29 bits per heavy atom. The van der Waals surface area contributed by atoms with Crippen LogP contribution in [0.2, 0.25) is 0 Å². The molecule has 24 heavy (non-hydrogen) atoms. The second kappa shape index (κ2) is 6.73. The molecule has 2 aromatic rings. The zero-order valence-corrected chi connectivity index (χ0v) is 12.8. The molecule has 0 aliphatic heterocycles. The van der Waals surface area contributed by atoms with E-state index in [0.717, 1.165) is 24.3 Å². The molecule has 1 aromatic carbocycles. The van der Waals surface area contributed by atoms with Gasteiger partial charge in [-0.25, -0.2) is 4.98 Å². The molecule has 0 saturated heterocycles.